The number of carbonyl (C=O) groups excluding carboxylic acids is 2. The number of rotatable bonds is 5. The molecule has 2 amide bonds. The number of hydrazone groups is 1. The fraction of sp³-hybridized carbons (Fsp3) is 0.286. The predicted molar refractivity (Wildman–Crippen MR) is 108 cm³/mol. The molecule has 3 rings (SSSR count). The Kier molecular flexibility index (Phi) is 6.24. The normalized spacial score (nSPS) is 13.6. The number of nitrogens with zero attached hydrogens (tertiary/aromatic N) is 1. The zero-order valence-electron chi connectivity index (χ0n) is 15.2. The third-order valence-corrected chi connectivity index (χ3v) is 4.79. The summed E-state index contributed by atoms with van der Waals surface area (Å²) < 4.78 is 0. The topological polar surface area (TPSA) is 70.6 Å². The quantitative estimate of drug-likeness (QED) is 0.595. The molecule has 0 saturated heterocycles. The number of fused-ring (bicyclic) bond motifs is 1. The first-order chi connectivity index (χ1) is 13.0. The van der Waals surface area contributed by atoms with E-state index in [0.29, 0.717) is 16.3 Å². The molecular weight excluding hydrogens is 362 g/mol. The Bertz CT molecular complexity index is 875. The molecule has 1 aliphatic carbocycles. The van der Waals surface area contributed by atoms with E-state index in [1.54, 1.807) is 31.2 Å². The molecule has 6 heteroatoms. The van der Waals surface area contributed by atoms with Crippen molar-refractivity contribution in [3.05, 3.63) is 64.2 Å². The number of benzene rings is 2. The highest BCUT2D eigenvalue weighted by atomic mass is 35.5. The predicted octanol–water partition coefficient (Wildman–Crippen LogP) is 4.35. The van der Waals surface area contributed by atoms with Crippen molar-refractivity contribution >= 4 is 34.8 Å². The van der Waals surface area contributed by atoms with Crippen molar-refractivity contribution in [1.82, 2.24) is 5.43 Å². The van der Waals surface area contributed by atoms with Crippen LogP contribution in [0.25, 0.3) is 0 Å². The first-order valence-corrected chi connectivity index (χ1v) is 9.40. The van der Waals surface area contributed by atoms with Gasteiger partial charge in [0.25, 0.3) is 5.91 Å². The second-order valence-corrected chi connectivity index (χ2v) is 7.11. The van der Waals surface area contributed by atoms with Gasteiger partial charge < -0.3 is 5.32 Å². The van der Waals surface area contributed by atoms with Crippen molar-refractivity contribution in [2.24, 2.45) is 5.10 Å². The summed E-state index contributed by atoms with van der Waals surface area (Å²) in [7, 11) is 0. The van der Waals surface area contributed by atoms with Gasteiger partial charge in [-0.2, -0.15) is 5.10 Å². The summed E-state index contributed by atoms with van der Waals surface area (Å²) in [6, 6.07) is 12.6. The first kappa shape index (κ1) is 19.1. The van der Waals surface area contributed by atoms with E-state index < -0.39 is 0 Å². The van der Waals surface area contributed by atoms with E-state index in [9.17, 15) is 9.59 Å². The number of hydrogen-bond acceptors (Lipinski definition) is 3. The van der Waals surface area contributed by atoms with Gasteiger partial charge in [0.15, 0.2) is 0 Å². The number of nitrogens with one attached hydrogen (secondary N) is 2. The molecule has 0 unspecified atom stereocenters. The molecule has 0 atom stereocenters. The minimum atomic E-state index is -0.344. The van der Waals surface area contributed by atoms with Crippen LogP contribution in [0.2, 0.25) is 5.02 Å². The van der Waals surface area contributed by atoms with Crippen LogP contribution in [0.15, 0.2) is 47.6 Å². The van der Waals surface area contributed by atoms with E-state index in [1.165, 1.54) is 17.5 Å². The SMILES string of the molecule is CC(CC(=O)Nc1cccc2c1CCCC2)=NNC(=O)c1ccc(Cl)cc1. The molecule has 27 heavy (non-hydrogen) atoms. The molecule has 0 saturated carbocycles. The number of anilines is 1. The van der Waals surface area contributed by atoms with Gasteiger partial charge in [-0.1, -0.05) is 23.7 Å². The molecule has 0 radical (unpaired) electrons. The molecule has 5 nitrogen and oxygen atoms in total. The van der Waals surface area contributed by atoms with Crippen molar-refractivity contribution < 1.29 is 9.59 Å². The van der Waals surface area contributed by atoms with Crippen molar-refractivity contribution in [2.45, 2.75) is 39.0 Å². The summed E-state index contributed by atoms with van der Waals surface area (Å²) in [5, 5.41) is 7.56. The van der Waals surface area contributed by atoms with Crippen LogP contribution in [0, 0.1) is 0 Å². The number of hydrogen-bond donors (Lipinski definition) is 2. The van der Waals surface area contributed by atoms with Crippen molar-refractivity contribution in [1.29, 1.82) is 0 Å². The molecule has 140 valence electrons. The zero-order chi connectivity index (χ0) is 19.2. The minimum absolute atomic E-state index is 0.116. The Hall–Kier alpha value is -2.66. The average molecular weight is 384 g/mol. The first-order valence-electron chi connectivity index (χ1n) is 9.02. The summed E-state index contributed by atoms with van der Waals surface area (Å²) in [5.74, 6) is -0.487. The Morgan fingerprint density at radius 2 is 1.81 bits per heavy atom. The monoisotopic (exact) mass is 383 g/mol. The molecule has 2 aromatic carbocycles. The highest BCUT2D eigenvalue weighted by Crippen LogP contribution is 2.27. The van der Waals surface area contributed by atoms with E-state index >= 15 is 0 Å². The van der Waals surface area contributed by atoms with Crippen LogP contribution in [0.5, 0.6) is 0 Å². The highest BCUT2D eigenvalue weighted by molar-refractivity contribution is 6.30. The van der Waals surface area contributed by atoms with Gasteiger partial charge in [-0.3, -0.25) is 9.59 Å². The third-order valence-electron chi connectivity index (χ3n) is 4.54. The third kappa shape index (κ3) is 5.17. The van der Waals surface area contributed by atoms with Crippen LogP contribution >= 0.6 is 11.6 Å². The summed E-state index contributed by atoms with van der Waals surface area (Å²) in [6.45, 7) is 1.71. The molecule has 1 aliphatic rings. The van der Waals surface area contributed by atoms with Gasteiger partial charge in [0.2, 0.25) is 5.91 Å². The van der Waals surface area contributed by atoms with Gasteiger partial charge in [-0.15, -0.1) is 0 Å². The second kappa shape index (κ2) is 8.82. The maximum absolute atomic E-state index is 12.3. The summed E-state index contributed by atoms with van der Waals surface area (Å²) >= 11 is 5.81. The Morgan fingerprint density at radius 1 is 1.07 bits per heavy atom. The van der Waals surface area contributed by atoms with Gasteiger partial charge in [-0.25, -0.2) is 5.43 Å². The fourth-order valence-electron chi connectivity index (χ4n) is 3.18. The van der Waals surface area contributed by atoms with Crippen LogP contribution < -0.4 is 10.7 Å². The van der Waals surface area contributed by atoms with E-state index in [4.69, 9.17) is 11.6 Å². The summed E-state index contributed by atoms with van der Waals surface area (Å²) in [6.07, 6.45) is 4.53. The van der Waals surface area contributed by atoms with Gasteiger partial charge in [-0.05, 0) is 74.1 Å². The lowest BCUT2D eigenvalue weighted by atomic mass is 9.90. The maximum atomic E-state index is 12.3. The van der Waals surface area contributed by atoms with E-state index in [2.05, 4.69) is 21.9 Å². The van der Waals surface area contributed by atoms with E-state index in [-0.39, 0.29) is 18.2 Å². The van der Waals surface area contributed by atoms with Gasteiger partial charge in [0, 0.05) is 22.0 Å². The van der Waals surface area contributed by atoms with Crippen molar-refractivity contribution in [3.63, 3.8) is 0 Å². The number of amides is 2. The lowest BCUT2D eigenvalue weighted by Gasteiger charge is -2.19. The van der Waals surface area contributed by atoms with Crippen LogP contribution in [0.3, 0.4) is 0 Å². The average Bonchev–Trinajstić information content (AvgIpc) is 2.67. The largest absolute Gasteiger partial charge is 0.325 e. The van der Waals surface area contributed by atoms with Crippen LogP contribution in [-0.2, 0) is 17.6 Å². The molecule has 0 bridgehead atoms. The highest BCUT2D eigenvalue weighted by Gasteiger charge is 2.15. The lowest BCUT2D eigenvalue weighted by Crippen LogP contribution is -2.22. The molecule has 0 aromatic heterocycles. The molecule has 2 aromatic rings. The number of carbonyl (C=O) groups is 2. The van der Waals surface area contributed by atoms with Crippen LogP contribution in [-0.4, -0.2) is 17.5 Å². The molecule has 0 aliphatic heterocycles. The van der Waals surface area contributed by atoms with Gasteiger partial charge in [0.1, 0.15) is 0 Å². The summed E-state index contributed by atoms with van der Waals surface area (Å²) in [5.41, 5.74) is 6.89. The van der Waals surface area contributed by atoms with Gasteiger partial charge in [0.05, 0.1) is 6.42 Å². The zero-order valence-corrected chi connectivity index (χ0v) is 16.0. The van der Waals surface area contributed by atoms with E-state index in [1.807, 2.05) is 12.1 Å². The van der Waals surface area contributed by atoms with Crippen LogP contribution in [0.4, 0.5) is 5.69 Å². The van der Waals surface area contributed by atoms with Crippen molar-refractivity contribution in [3.8, 4) is 0 Å². The number of aryl methyl sites for hydroxylation is 1. The smallest absolute Gasteiger partial charge is 0.271 e. The summed E-state index contributed by atoms with van der Waals surface area (Å²) in [4.78, 5) is 24.4. The Labute approximate surface area is 163 Å². The van der Waals surface area contributed by atoms with Crippen LogP contribution in [0.1, 0.15) is 47.7 Å². The minimum Gasteiger partial charge on any atom is -0.325 e. The maximum Gasteiger partial charge on any atom is 0.271 e. The molecule has 2 N–H and O–H groups in total. The molecule has 0 spiro atoms. The molecule has 0 heterocycles. The van der Waals surface area contributed by atoms with Gasteiger partial charge >= 0.3 is 0 Å². The lowest BCUT2D eigenvalue weighted by molar-refractivity contribution is -0.115. The molecular formula is C21H22ClN3O2. The Balaban J connectivity index is 1.57. The molecule has 0 fully saturated rings. The number of halogens is 1. The van der Waals surface area contributed by atoms with E-state index in [0.717, 1.165) is 24.9 Å². The Morgan fingerprint density at radius 3 is 2.59 bits per heavy atom. The second-order valence-electron chi connectivity index (χ2n) is 6.67. The fourth-order valence-corrected chi connectivity index (χ4v) is 3.30. The van der Waals surface area contributed by atoms with Crippen molar-refractivity contribution in [2.75, 3.05) is 5.32 Å². The standard InChI is InChI=1S/C21H22ClN3O2/c1-14(24-25-21(27)16-9-11-17(22)12-10-16)13-20(26)23-19-8-4-6-15-5-2-3-7-18(15)19/h4,6,8-12H,2-3,5,7,13H2,1H3,(H,23,26)(H,25,27).